The predicted octanol–water partition coefficient (Wildman–Crippen LogP) is 2.04. The molecule has 0 bridgehead atoms. The molecule has 0 amide bonds. The van der Waals surface area contributed by atoms with Crippen molar-refractivity contribution in [3.05, 3.63) is 75.4 Å². The molecular weight excluding hydrogens is 506 g/mol. The number of hydrogen-bond acceptors (Lipinski definition) is 4. The molecule has 0 aliphatic rings. The summed E-state index contributed by atoms with van der Waals surface area (Å²) in [4.78, 5) is 26.0. The minimum atomic E-state index is -0.492. The number of nitrogens with zero attached hydrogens (tertiary/aromatic N) is 1. The van der Waals surface area contributed by atoms with Gasteiger partial charge in [0.2, 0.25) is 5.78 Å². The fourth-order valence-electron chi connectivity index (χ4n) is 2.90. The molecular formula is C19H17EuNO5S. The normalized spacial score (nSPS) is 9.96. The van der Waals surface area contributed by atoms with Gasteiger partial charge in [-0.3, -0.25) is 9.59 Å². The van der Waals surface area contributed by atoms with Crippen LogP contribution in [0.4, 0.5) is 0 Å². The maximum absolute atomic E-state index is 12.9. The van der Waals surface area contributed by atoms with Crippen molar-refractivity contribution >= 4 is 38.1 Å². The second kappa shape index (κ2) is 9.19. The van der Waals surface area contributed by atoms with E-state index in [1.165, 1.54) is 15.9 Å². The van der Waals surface area contributed by atoms with Gasteiger partial charge in [-0.1, -0.05) is 30.3 Å². The molecule has 0 aliphatic heterocycles. The maximum atomic E-state index is 12.9. The number of benzene rings is 2. The Morgan fingerprint density at radius 3 is 2.37 bits per heavy atom. The Hall–Kier alpha value is -1.42. The molecule has 0 saturated carbocycles. The number of hydrogen-bond donors (Lipinski definition) is 1. The first-order chi connectivity index (χ1) is 11.6. The summed E-state index contributed by atoms with van der Waals surface area (Å²) in [5.74, 6) is -0.698. The van der Waals surface area contributed by atoms with E-state index in [2.05, 4.69) is 0 Å². The second-order valence-electron chi connectivity index (χ2n) is 5.58. The monoisotopic (exact) mass is 524 g/mol. The van der Waals surface area contributed by atoms with Crippen LogP contribution < -0.4 is 5.56 Å². The van der Waals surface area contributed by atoms with Crippen LogP contribution in [0.1, 0.15) is 15.2 Å². The SMILES string of the molecule is Cn1c(=O)c(C(=O)c2cc3ccccc3s2)c(O)c2ccccc21.O.O.[Eu]. The zero-order valence-electron chi connectivity index (χ0n) is 14.2. The molecule has 2 heterocycles. The molecule has 6 nitrogen and oxygen atoms in total. The van der Waals surface area contributed by atoms with E-state index in [0.717, 1.165) is 10.1 Å². The van der Waals surface area contributed by atoms with Gasteiger partial charge in [0.15, 0.2) is 0 Å². The third kappa shape index (κ3) is 3.92. The van der Waals surface area contributed by atoms with Crippen LogP contribution in [0.25, 0.3) is 21.0 Å². The van der Waals surface area contributed by atoms with Crippen molar-refractivity contribution in [2.75, 3.05) is 0 Å². The van der Waals surface area contributed by atoms with Crippen LogP contribution in [0.2, 0.25) is 0 Å². The molecule has 4 aromatic rings. The first kappa shape index (κ1) is 23.6. The summed E-state index contributed by atoms with van der Waals surface area (Å²) in [6, 6.07) is 16.4. The number of aromatic nitrogens is 1. The zero-order valence-corrected chi connectivity index (χ0v) is 17.4. The molecule has 5 N–H and O–H groups in total. The van der Waals surface area contributed by atoms with Gasteiger partial charge in [-0.2, -0.15) is 0 Å². The van der Waals surface area contributed by atoms with Gasteiger partial charge in [0, 0.05) is 66.5 Å². The van der Waals surface area contributed by atoms with Crippen LogP contribution in [0, 0.1) is 49.4 Å². The van der Waals surface area contributed by atoms with Crippen molar-refractivity contribution in [1.29, 1.82) is 0 Å². The molecule has 2 aromatic carbocycles. The smallest absolute Gasteiger partial charge is 0.265 e. The van der Waals surface area contributed by atoms with Crippen LogP contribution in [0.5, 0.6) is 5.75 Å². The van der Waals surface area contributed by atoms with E-state index in [4.69, 9.17) is 0 Å². The summed E-state index contributed by atoms with van der Waals surface area (Å²) in [6.07, 6.45) is 0. The average molecular weight is 523 g/mol. The Labute approximate surface area is 199 Å². The molecule has 2 aromatic heterocycles. The van der Waals surface area contributed by atoms with Crippen LogP contribution in [-0.2, 0) is 7.05 Å². The van der Waals surface area contributed by atoms with Crippen LogP contribution in [0.15, 0.2) is 59.4 Å². The van der Waals surface area contributed by atoms with Gasteiger partial charge in [0.25, 0.3) is 5.56 Å². The van der Waals surface area contributed by atoms with Crippen molar-refractivity contribution in [1.82, 2.24) is 4.57 Å². The van der Waals surface area contributed by atoms with E-state index in [1.54, 1.807) is 37.4 Å². The van der Waals surface area contributed by atoms with E-state index >= 15 is 0 Å². The minimum absolute atomic E-state index is 0. The maximum Gasteiger partial charge on any atom is 0.265 e. The zero-order chi connectivity index (χ0) is 16.8. The Kier molecular flexibility index (Phi) is 8.04. The van der Waals surface area contributed by atoms with Gasteiger partial charge in [-0.05, 0) is 29.7 Å². The number of ketones is 1. The molecule has 0 atom stereocenters. The summed E-state index contributed by atoms with van der Waals surface area (Å²) >= 11 is 1.32. The van der Waals surface area contributed by atoms with Crippen LogP contribution in [0.3, 0.4) is 0 Å². The van der Waals surface area contributed by atoms with Crippen molar-refractivity contribution in [2.24, 2.45) is 7.05 Å². The average Bonchev–Trinajstić information content (AvgIpc) is 3.04. The summed E-state index contributed by atoms with van der Waals surface area (Å²) in [5.41, 5.74) is -0.0793. The number of rotatable bonds is 2. The first-order valence-corrected chi connectivity index (χ1v) is 8.23. The van der Waals surface area contributed by atoms with Crippen molar-refractivity contribution < 1.29 is 70.2 Å². The molecule has 0 fully saturated rings. The Balaban J connectivity index is 0.00000121. The molecule has 0 spiro atoms. The first-order valence-electron chi connectivity index (χ1n) is 7.42. The fourth-order valence-corrected chi connectivity index (χ4v) is 3.91. The van der Waals surface area contributed by atoms with Gasteiger partial charge in [0.1, 0.15) is 11.3 Å². The van der Waals surface area contributed by atoms with E-state index in [1.807, 2.05) is 24.3 Å². The van der Waals surface area contributed by atoms with Crippen LogP contribution >= 0.6 is 11.3 Å². The quantitative estimate of drug-likeness (QED) is 0.405. The molecule has 4 rings (SSSR count). The van der Waals surface area contributed by atoms with E-state index < -0.39 is 11.3 Å². The number of thiophene rings is 1. The topological polar surface area (TPSA) is 122 Å². The molecule has 141 valence electrons. The number of para-hydroxylation sites is 1. The Morgan fingerprint density at radius 1 is 1.04 bits per heavy atom. The number of carbonyl (C=O) groups excluding carboxylic acids is 1. The number of carbonyl (C=O) groups is 1. The summed E-state index contributed by atoms with van der Waals surface area (Å²) < 4.78 is 2.37. The molecule has 1 radical (unpaired) electrons. The van der Waals surface area contributed by atoms with Crippen molar-refractivity contribution in [2.45, 2.75) is 0 Å². The van der Waals surface area contributed by atoms with E-state index in [9.17, 15) is 14.7 Å². The van der Waals surface area contributed by atoms with Crippen molar-refractivity contribution in [3.8, 4) is 5.75 Å². The second-order valence-corrected chi connectivity index (χ2v) is 6.67. The number of aryl methyl sites for hydroxylation is 1. The van der Waals surface area contributed by atoms with Gasteiger partial charge in [0.05, 0.1) is 10.4 Å². The number of pyridine rings is 1. The summed E-state index contributed by atoms with van der Waals surface area (Å²) in [5, 5.41) is 12.0. The molecule has 0 aliphatic carbocycles. The van der Waals surface area contributed by atoms with Crippen molar-refractivity contribution in [3.63, 3.8) is 0 Å². The van der Waals surface area contributed by atoms with Gasteiger partial charge < -0.3 is 20.6 Å². The molecule has 0 unspecified atom stereocenters. The standard InChI is InChI=1S/C19H13NO3S.Eu.2H2O/c1-20-13-8-4-3-7-12(13)17(21)16(19(20)23)18(22)15-10-11-6-2-5-9-14(11)24-15;;;/h2-10,21H,1H3;;2*1H2. The summed E-state index contributed by atoms with van der Waals surface area (Å²) in [6.45, 7) is 0. The third-order valence-corrected chi connectivity index (χ3v) is 5.27. The van der Waals surface area contributed by atoms with Gasteiger partial charge >= 0.3 is 0 Å². The minimum Gasteiger partial charge on any atom is -0.506 e. The van der Waals surface area contributed by atoms with E-state index in [-0.39, 0.29) is 71.6 Å². The summed E-state index contributed by atoms with van der Waals surface area (Å²) in [7, 11) is 1.60. The molecule has 27 heavy (non-hydrogen) atoms. The fraction of sp³-hybridized carbons (Fsp3) is 0.0526. The Morgan fingerprint density at radius 2 is 1.67 bits per heavy atom. The number of fused-ring (bicyclic) bond motifs is 2. The third-order valence-electron chi connectivity index (χ3n) is 4.15. The van der Waals surface area contributed by atoms with E-state index in [0.29, 0.717) is 15.8 Å². The Bertz CT molecular complexity index is 1150. The van der Waals surface area contributed by atoms with Crippen LogP contribution in [-0.4, -0.2) is 26.4 Å². The number of aromatic hydroxyl groups is 1. The largest absolute Gasteiger partial charge is 0.506 e. The predicted molar refractivity (Wildman–Crippen MR) is 103 cm³/mol. The van der Waals surface area contributed by atoms with Gasteiger partial charge in [-0.15, -0.1) is 11.3 Å². The molecule has 8 heteroatoms. The van der Waals surface area contributed by atoms with Gasteiger partial charge in [-0.25, -0.2) is 0 Å². The molecule has 0 saturated heterocycles.